The molecule has 0 aromatic carbocycles. The molecule has 4 N–H and O–H groups in total. The van der Waals surface area contributed by atoms with Gasteiger partial charge in [-0.25, -0.2) is 0 Å². The van der Waals surface area contributed by atoms with E-state index in [1.54, 1.807) is 29.5 Å². The van der Waals surface area contributed by atoms with Crippen LogP contribution in [0.3, 0.4) is 0 Å². The van der Waals surface area contributed by atoms with Gasteiger partial charge in [0.2, 0.25) is 0 Å². The van der Waals surface area contributed by atoms with Gasteiger partial charge in [0.05, 0.1) is 17.9 Å². The van der Waals surface area contributed by atoms with Crippen LogP contribution in [0.4, 0.5) is 5.69 Å². The van der Waals surface area contributed by atoms with Crippen LogP contribution in [0, 0.1) is 17.3 Å². The largest absolute Gasteiger partial charge is 0.318 e. The smallest absolute Gasteiger partial charge is 0.276 e. The van der Waals surface area contributed by atoms with Gasteiger partial charge in [-0.1, -0.05) is 13.0 Å². The summed E-state index contributed by atoms with van der Waals surface area (Å²) in [6.07, 6.45) is 9.96. The van der Waals surface area contributed by atoms with Gasteiger partial charge in [0.15, 0.2) is 5.69 Å². The zero-order valence-electron chi connectivity index (χ0n) is 17.7. The van der Waals surface area contributed by atoms with Crippen LogP contribution < -0.4 is 5.32 Å². The van der Waals surface area contributed by atoms with Crippen molar-refractivity contribution in [2.24, 2.45) is 17.3 Å². The Labute approximate surface area is 187 Å². The third-order valence-corrected chi connectivity index (χ3v) is 9.24. The van der Waals surface area contributed by atoms with Crippen LogP contribution in [0.2, 0.25) is 0 Å². The maximum absolute atomic E-state index is 13.0. The zero-order chi connectivity index (χ0) is 22.1. The van der Waals surface area contributed by atoms with Crippen LogP contribution in [0.5, 0.6) is 0 Å². The van der Waals surface area contributed by atoms with E-state index in [0.29, 0.717) is 34.2 Å². The summed E-state index contributed by atoms with van der Waals surface area (Å²) in [6.45, 7) is 2.30. The number of amides is 1. The number of nitrogens with one attached hydrogen (secondary N) is 2. The standard InChI is InChI=1S/C22H26N6O3S/c1-22-6-15(22)5-17-18(7-22)26-27-19(17)21(29)25-16-9-24-28(10-16)20(13-3-2-4-23-8-13)14-11-32(30,31)12-14/h2-4,8-10,14-15,20,30-31H,5-7,11-12H2,1H3,(H,25,29)(H,26,27). The second-order valence-electron chi connectivity index (χ2n) is 9.76. The maximum Gasteiger partial charge on any atom is 0.276 e. The molecule has 4 heterocycles. The van der Waals surface area contributed by atoms with Crippen molar-refractivity contribution in [2.75, 3.05) is 16.8 Å². The number of hydrogen-bond acceptors (Lipinski definition) is 6. The molecule has 1 amide bonds. The van der Waals surface area contributed by atoms with Crippen LogP contribution in [0.25, 0.3) is 0 Å². The number of H-pyrrole nitrogens is 1. The van der Waals surface area contributed by atoms with Gasteiger partial charge >= 0.3 is 0 Å². The van der Waals surface area contributed by atoms with Crippen LogP contribution >= 0.6 is 10.6 Å². The molecule has 9 nitrogen and oxygen atoms in total. The van der Waals surface area contributed by atoms with Gasteiger partial charge < -0.3 is 5.32 Å². The van der Waals surface area contributed by atoms with E-state index < -0.39 is 10.6 Å². The van der Waals surface area contributed by atoms with Gasteiger partial charge in [0.25, 0.3) is 5.91 Å². The molecule has 168 valence electrons. The van der Waals surface area contributed by atoms with Crippen molar-refractivity contribution in [2.45, 2.75) is 32.2 Å². The van der Waals surface area contributed by atoms with Gasteiger partial charge in [-0.3, -0.25) is 28.7 Å². The molecule has 10 heteroatoms. The van der Waals surface area contributed by atoms with Gasteiger partial charge in [0, 0.05) is 47.3 Å². The molecule has 2 fully saturated rings. The van der Waals surface area contributed by atoms with Gasteiger partial charge in [-0.05, 0) is 42.2 Å². The molecule has 3 unspecified atom stereocenters. The number of pyridine rings is 1. The second kappa shape index (κ2) is 6.90. The Morgan fingerprint density at radius 1 is 1.38 bits per heavy atom. The lowest BCUT2D eigenvalue weighted by molar-refractivity contribution is 0.102. The first-order chi connectivity index (χ1) is 15.3. The lowest BCUT2D eigenvalue weighted by Gasteiger charge is -2.49. The molecular formula is C22H26N6O3S. The molecule has 6 rings (SSSR count). The third kappa shape index (κ3) is 3.33. The van der Waals surface area contributed by atoms with E-state index in [0.717, 1.165) is 29.7 Å². The van der Waals surface area contributed by atoms with E-state index in [1.807, 2.05) is 12.1 Å². The van der Waals surface area contributed by atoms with E-state index in [2.05, 4.69) is 32.5 Å². The fraction of sp³-hybridized carbons (Fsp3) is 0.455. The number of hydrogen-bond donors (Lipinski definition) is 4. The number of rotatable bonds is 5. The fourth-order valence-corrected chi connectivity index (χ4v) is 7.04. The Hall–Kier alpha value is -2.69. The first kappa shape index (κ1) is 20.0. The van der Waals surface area contributed by atoms with Crippen molar-refractivity contribution in [1.29, 1.82) is 0 Å². The number of carbonyl (C=O) groups is 1. The van der Waals surface area contributed by atoms with Gasteiger partial charge in [-0.2, -0.15) is 20.8 Å². The minimum atomic E-state index is -2.49. The van der Waals surface area contributed by atoms with Crippen molar-refractivity contribution >= 4 is 22.2 Å². The molecule has 2 aliphatic carbocycles. The molecule has 1 aliphatic heterocycles. The summed E-state index contributed by atoms with van der Waals surface area (Å²) in [4.78, 5) is 17.2. The summed E-state index contributed by atoms with van der Waals surface area (Å²) in [7, 11) is -2.49. The van der Waals surface area contributed by atoms with E-state index in [9.17, 15) is 13.9 Å². The number of carbonyl (C=O) groups excluding carboxylic acids is 1. The minimum Gasteiger partial charge on any atom is -0.318 e. The number of fused-ring (bicyclic) bond motifs is 2. The maximum atomic E-state index is 13.0. The average Bonchev–Trinajstić information content (AvgIpc) is 3.02. The predicted molar refractivity (Wildman–Crippen MR) is 121 cm³/mol. The topological polar surface area (TPSA) is 129 Å². The Morgan fingerprint density at radius 2 is 2.22 bits per heavy atom. The Bertz CT molecular complexity index is 1180. The van der Waals surface area contributed by atoms with Crippen LogP contribution in [-0.4, -0.2) is 51.5 Å². The van der Waals surface area contributed by atoms with E-state index >= 15 is 0 Å². The molecule has 3 aliphatic rings. The highest BCUT2D eigenvalue weighted by Gasteiger charge is 2.53. The second-order valence-corrected chi connectivity index (χ2v) is 12.0. The average molecular weight is 455 g/mol. The number of aromatic amines is 1. The summed E-state index contributed by atoms with van der Waals surface area (Å²) in [5, 5.41) is 14.8. The summed E-state index contributed by atoms with van der Waals surface area (Å²) < 4.78 is 21.6. The van der Waals surface area contributed by atoms with Crippen molar-refractivity contribution in [3.8, 4) is 0 Å². The molecule has 3 aromatic rings. The van der Waals surface area contributed by atoms with Gasteiger partial charge in [0.1, 0.15) is 0 Å². The highest BCUT2D eigenvalue weighted by atomic mass is 32.3. The fourth-order valence-electron chi connectivity index (χ4n) is 5.40. The molecule has 0 radical (unpaired) electrons. The van der Waals surface area contributed by atoms with E-state index in [1.165, 1.54) is 6.42 Å². The van der Waals surface area contributed by atoms with Crippen molar-refractivity contribution in [1.82, 2.24) is 25.0 Å². The first-order valence-corrected chi connectivity index (χ1v) is 12.7. The number of aromatic nitrogens is 5. The normalized spacial score (nSPS) is 27.5. The summed E-state index contributed by atoms with van der Waals surface area (Å²) in [5.74, 6) is 1.14. The van der Waals surface area contributed by atoms with Gasteiger partial charge in [-0.15, -0.1) is 0 Å². The molecule has 3 atom stereocenters. The first-order valence-electron chi connectivity index (χ1n) is 10.9. The number of nitrogens with zero attached hydrogens (tertiary/aromatic N) is 4. The quantitative estimate of drug-likeness (QED) is 0.468. The van der Waals surface area contributed by atoms with Crippen molar-refractivity contribution in [3.63, 3.8) is 0 Å². The summed E-state index contributed by atoms with van der Waals surface area (Å²) >= 11 is 0. The highest BCUT2D eigenvalue weighted by Crippen LogP contribution is 2.59. The molecule has 3 aromatic heterocycles. The SMILES string of the molecule is CC12Cc3[nH]nc(C(=O)Nc4cnn(C(c5cccnc5)C5CS(O)(O)C5)c4)c3CC1C2. The van der Waals surface area contributed by atoms with Crippen LogP contribution in [0.15, 0.2) is 36.9 Å². The molecule has 0 bridgehead atoms. The van der Waals surface area contributed by atoms with Crippen LogP contribution in [0.1, 0.15) is 46.7 Å². The lowest BCUT2D eigenvalue weighted by Crippen LogP contribution is -2.39. The molecule has 32 heavy (non-hydrogen) atoms. The highest BCUT2D eigenvalue weighted by molar-refractivity contribution is 8.25. The summed E-state index contributed by atoms with van der Waals surface area (Å²) in [5.41, 5.74) is 4.50. The van der Waals surface area contributed by atoms with Crippen molar-refractivity contribution < 1.29 is 13.9 Å². The van der Waals surface area contributed by atoms with Crippen molar-refractivity contribution in [3.05, 3.63) is 59.4 Å². The third-order valence-electron chi connectivity index (χ3n) is 7.32. The predicted octanol–water partition coefficient (Wildman–Crippen LogP) is 3.35. The Balaban J connectivity index is 1.22. The molecular weight excluding hydrogens is 428 g/mol. The molecule has 1 saturated heterocycles. The minimum absolute atomic E-state index is 0.0406. The molecule has 1 saturated carbocycles. The van der Waals surface area contributed by atoms with Crippen LogP contribution in [-0.2, 0) is 12.8 Å². The number of anilines is 1. The zero-order valence-corrected chi connectivity index (χ0v) is 18.5. The van der Waals surface area contributed by atoms with E-state index in [-0.39, 0.29) is 17.9 Å². The summed E-state index contributed by atoms with van der Waals surface area (Å²) in [6, 6.07) is 3.64. The lowest BCUT2D eigenvalue weighted by atomic mass is 9.87. The monoisotopic (exact) mass is 454 g/mol. The Kier molecular flexibility index (Phi) is 4.30. The van der Waals surface area contributed by atoms with E-state index in [4.69, 9.17) is 0 Å². The Morgan fingerprint density at radius 3 is 2.97 bits per heavy atom. The molecule has 0 spiro atoms.